The predicted octanol–water partition coefficient (Wildman–Crippen LogP) is 2.10. The van der Waals surface area contributed by atoms with Gasteiger partial charge in [0.25, 0.3) is 0 Å². The highest BCUT2D eigenvalue weighted by atomic mass is 19.3. The molecule has 13 heavy (non-hydrogen) atoms. The summed E-state index contributed by atoms with van der Waals surface area (Å²) in [7, 11) is 5.23. The second-order valence-corrected chi connectivity index (χ2v) is 2.35. The van der Waals surface area contributed by atoms with Gasteiger partial charge in [-0.05, 0) is 12.1 Å². The molecule has 0 fully saturated rings. The lowest BCUT2D eigenvalue weighted by atomic mass is 9.97. The van der Waals surface area contributed by atoms with Gasteiger partial charge in [0.05, 0.1) is 7.85 Å². The zero-order valence-corrected chi connectivity index (χ0v) is 6.64. The van der Waals surface area contributed by atoms with E-state index in [1.807, 2.05) is 0 Å². The Kier molecular flexibility index (Phi) is 3.22. The van der Waals surface area contributed by atoms with Crippen LogP contribution in [0.3, 0.4) is 0 Å². The van der Waals surface area contributed by atoms with Crippen LogP contribution in [-0.2, 0) is 6.32 Å². The molecule has 0 spiro atoms. The minimum atomic E-state index is -3.03. The van der Waals surface area contributed by atoms with Gasteiger partial charge < -0.3 is 4.74 Å². The third-order valence-corrected chi connectivity index (χ3v) is 1.45. The van der Waals surface area contributed by atoms with Crippen LogP contribution in [0.1, 0.15) is 5.56 Å². The Bertz CT molecular complexity index is 291. The average molecular weight is 186 g/mol. The monoisotopic (exact) mass is 186 g/mol. The lowest BCUT2D eigenvalue weighted by Crippen LogP contribution is -2.04. The number of rotatable bonds is 3. The van der Waals surface area contributed by atoms with E-state index in [0.717, 1.165) is 12.1 Å². The van der Waals surface area contributed by atoms with Crippen LogP contribution in [0, 0.1) is 5.82 Å². The van der Waals surface area contributed by atoms with Crippen LogP contribution in [0.4, 0.5) is 13.2 Å². The van der Waals surface area contributed by atoms with Crippen molar-refractivity contribution in [3.8, 4) is 5.75 Å². The summed E-state index contributed by atoms with van der Waals surface area (Å²) in [6.45, 7) is -3.03. The molecule has 0 amide bonds. The SMILES string of the molecule is [B]Cc1ccc(F)c(OC(F)F)c1. The maximum Gasteiger partial charge on any atom is 0.387 e. The minimum Gasteiger partial charge on any atom is -0.432 e. The Labute approximate surface area is 74.9 Å². The Hall–Kier alpha value is -1.13. The molecule has 0 bridgehead atoms. The summed E-state index contributed by atoms with van der Waals surface area (Å²) >= 11 is 0. The predicted molar refractivity (Wildman–Crippen MR) is 42.5 cm³/mol. The molecule has 2 radical (unpaired) electrons. The van der Waals surface area contributed by atoms with Gasteiger partial charge in [0.1, 0.15) is 0 Å². The second-order valence-electron chi connectivity index (χ2n) is 2.35. The van der Waals surface area contributed by atoms with E-state index in [-0.39, 0.29) is 6.32 Å². The van der Waals surface area contributed by atoms with Crippen molar-refractivity contribution in [2.45, 2.75) is 12.9 Å². The third-order valence-electron chi connectivity index (χ3n) is 1.45. The molecule has 5 heteroatoms. The molecule has 68 valence electrons. The van der Waals surface area contributed by atoms with Crippen LogP contribution in [-0.4, -0.2) is 14.5 Å². The van der Waals surface area contributed by atoms with Crippen LogP contribution in [0.2, 0.25) is 0 Å². The van der Waals surface area contributed by atoms with E-state index in [1.54, 1.807) is 0 Å². The molecule has 0 aliphatic heterocycles. The molecule has 0 saturated carbocycles. The van der Waals surface area contributed by atoms with Gasteiger partial charge in [-0.25, -0.2) is 4.39 Å². The van der Waals surface area contributed by atoms with E-state index in [0.29, 0.717) is 5.56 Å². The number of hydrogen-bond acceptors (Lipinski definition) is 1. The highest BCUT2D eigenvalue weighted by molar-refractivity contribution is 6.08. The molecule has 0 N–H and O–H groups in total. The molecule has 1 rings (SSSR count). The summed E-state index contributed by atoms with van der Waals surface area (Å²) in [4.78, 5) is 0. The topological polar surface area (TPSA) is 9.23 Å². The van der Waals surface area contributed by atoms with Crippen molar-refractivity contribution < 1.29 is 17.9 Å². The minimum absolute atomic E-state index is 0.153. The van der Waals surface area contributed by atoms with Gasteiger partial charge in [-0.15, -0.1) is 0 Å². The summed E-state index contributed by atoms with van der Waals surface area (Å²) in [6, 6.07) is 3.61. The van der Waals surface area contributed by atoms with Gasteiger partial charge >= 0.3 is 6.61 Å². The fourth-order valence-corrected chi connectivity index (χ4v) is 0.861. The fraction of sp³-hybridized carbons (Fsp3) is 0.250. The molecule has 0 aliphatic carbocycles. The highest BCUT2D eigenvalue weighted by Crippen LogP contribution is 2.20. The molecule has 1 aromatic rings. The van der Waals surface area contributed by atoms with Gasteiger partial charge in [-0.2, -0.15) is 8.78 Å². The van der Waals surface area contributed by atoms with Crippen molar-refractivity contribution in [1.29, 1.82) is 0 Å². The number of hydrogen-bond donors (Lipinski definition) is 0. The lowest BCUT2D eigenvalue weighted by Gasteiger charge is -2.06. The fourth-order valence-electron chi connectivity index (χ4n) is 0.861. The number of benzene rings is 1. The molecule has 0 saturated heterocycles. The molecule has 0 aromatic heterocycles. The maximum atomic E-state index is 12.8. The molecular formula is C8H6BF3O. The quantitative estimate of drug-likeness (QED) is 0.656. The van der Waals surface area contributed by atoms with Crippen molar-refractivity contribution in [1.82, 2.24) is 0 Å². The molecule has 1 aromatic carbocycles. The molecule has 0 atom stereocenters. The summed E-state index contributed by atoms with van der Waals surface area (Å²) in [5.74, 6) is -1.30. The van der Waals surface area contributed by atoms with E-state index in [1.165, 1.54) is 6.07 Å². The number of alkyl halides is 2. The van der Waals surface area contributed by atoms with Crippen molar-refractivity contribution in [3.63, 3.8) is 0 Å². The van der Waals surface area contributed by atoms with E-state index in [4.69, 9.17) is 7.85 Å². The Morgan fingerprint density at radius 2 is 2.08 bits per heavy atom. The van der Waals surface area contributed by atoms with Crippen LogP contribution in [0.15, 0.2) is 18.2 Å². The third kappa shape index (κ3) is 2.68. The average Bonchev–Trinajstić information content (AvgIpc) is 2.08. The van der Waals surface area contributed by atoms with Crippen LogP contribution in [0.5, 0.6) is 5.75 Å². The van der Waals surface area contributed by atoms with Crippen molar-refractivity contribution >= 4 is 7.85 Å². The van der Waals surface area contributed by atoms with Crippen molar-refractivity contribution in [2.24, 2.45) is 0 Å². The second kappa shape index (κ2) is 4.21. The lowest BCUT2D eigenvalue weighted by molar-refractivity contribution is -0.0522. The van der Waals surface area contributed by atoms with Crippen LogP contribution >= 0.6 is 0 Å². The van der Waals surface area contributed by atoms with Crippen molar-refractivity contribution in [3.05, 3.63) is 29.6 Å². The van der Waals surface area contributed by atoms with Gasteiger partial charge in [-0.1, -0.05) is 17.9 Å². The standard InChI is InChI=1S/C8H6BF3O/c9-4-5-1-2-6(10)7(3-5)13-8(11)12/h1-3,8H,4H2. The first-order valence-corrected chi connectivity index (χ1v) is 3.57. The Balaban J connectivity index is 2.90. The first-order chi connectivity index (χ1) is 6.13. The van der Waals surface area contributed by atoms with Crippen LogP contribution < -0.4 is 4.74 Å². The Morgan fingerprint density at radius 1 is 1.38 bits per heavy atom. The van der Waals surface area contributed by atoms with Gasteiger partial charge in [0.15, 0.2) is 11.6 Å². The molecule has 0 heterocycles. The van der Waals surface area contributed by atoms with E-state index >= 15 is 0 Å². The molecule has 0 aliphatic rings. The smallest absolute Gasteiger partial charge is 0.387 e. The van der Waals surface area contributed by atoms with Gasteiger partial charge in [-0.3, -0.25) is 0 Å². The van der Waals surface area contributed by atoms with Crippen LogP contribution in [0.25, 0.3) is 0 Å². The highest BCUT2D eigenvalue weighted by Gasteiger charge is 2.09. The van der Waals surface area contributed by atoms with Gasteiger partial charge in [0.2, 0.25) is 0 Å². The first-order valence-electron chi connectivity index (χ1n) is 3.57. The van der Waals surface area contributed by atoms with E-state index < -0.39 is 18.2 Å². The van der Waals surface area contributed by atoms with Gasteiger partial charge in [0, 0.05) is 0 Å². The summed E-state index contributed by atoms with van der Waals surface area (Å²) in [5.41, 5.74) is 0.539. The molecular weight excluding hydrogens is 180 g/mol. The molecule has 0 unspecified atom stereocenters. The molecule has 1 nitrogen and oxygen atoms in total. The first kappa shape index (κ1) is 9.96. The Morgan fingerprint density at radius 3 is 2.62 bits per heavy atom. The summed E-state index contributed by atoms with van der Waals surface area (Å²) < 4.78 is 40.1. The number of ether oxygens (including phenoxy) is 1. The summed E-state index contributed by atoms with van der Waals surface area (Å²) in [6.07, 6.45) is 0.153. The largest absolute Gasteiger partial charge is 0.432 e. The normalized spacial score (nSPS) is 10.5. The zero-order valence-electron chi connectivity index (χ0n) is 6.64. The maximum absolute atomic E-state index is 12.8. The summed E-state index contributed by atoms with van der Waals surface area (Å²) in [5, 5.41) is 0. The van der Waals surface area contributed by atoms with E-state index in [2.05, 4.69) is 4.74 Å². The number of halogens is 3. The van der Waals surface area contributed by atoms with E-state index in [9.17, 15) is 13.2 Å². The zero-order chi connectivity index (χ0) is 9.84. The van der Waals surface area contributed by atoms with Crippen molar-refractivity contribution in [2.75, 3.05) is 0 Å².